The Morgan fingerprint density at radius 3 is 3.07 bits per heavy atom. The number of rotatable bonds is 3. The van der Waals surface area contributed by atoms with Crippen molar-refractivity contribution < 1.29 is 5.11 Å². The first kappa shape index (κ1) is 9.85. The highest BCUT2D eigenvalue weighted by Crippen LogP contribution is 2.12. The third kappa shape index (κ3) is 1.75. The number of hydrogen-bond acceptors (Lipinski definition) is 5. The lowest BCUT2D eigenvalue weighted by Gasteiger charge is -2.11. The van der Waals surface area contributed by atoms with Crippen molar-refractivity contribution in [1.29, 1.82) is 0 Å². The average Bonchev–Trinajstić information content (AvgIpc) is 2.62. The van der Waals surface area contributed by atoms with Gasteiger partial charge in [-0.2, -0.15) is 0 Å². The van der Waals surface area contributed by atoms with E-state index in [4.69, 9.17) is 5.11 Å². The fraction of sp³-hybridized carbons (Fsp3) is 0.444. The summed E-state index contributed by atoms with van der Waals surface area (Å²) in [6.07, 6.45) is 3.48. The van der Waals surface area contributed by atoms with Crippen LogP contribution in [0.15, 0.2) is 12.4 Å². The Labute approximate surface area is 87.0 Å². The van der Waals surface area contributed by atoms with E-state index in [1.165, 1.54) is 0 Å². The number of fused-ring (bicyclic) bond motifs is 1. The van der Waals surface area contributed by atoms with Gasteiger partial charge in [0.15, 0.2) is 5.82 Å². The van der Waals surface area contributed by atoms with E-state index in [1.54, 1.807) is 12.4 Å². The minimum atomic E-state index is -0.0549. The molecule has 6 nitrogen and oxygen atoms in total. The lowest BCUT2D eigenvalue weighted by molar-refractivity contribution is 0.281. The van der Waals surface area contributed by atoms with Gasteiger partial charge < -0.3 is 10.4 Å². The molecule has 0 spiro atoms. The van der Waals surface area contributed by atoms with Crippen LogP contribution < -0.4 is 5.32 Å². The zero-order valence-corrected chi connectivity index (χ0v) is 8.68. The van der Waals surface area contributed by atoms with Gasteiger partial charge in [-0.25, -0.2) is 4.98 Å². The summed E-state index contributed by atoms with van der Waals surface area (Å²) in [6, 6.07) is -0.0549. The van der Waals surface area contributed by atoms with Gasteiger partial charge in [0, 0.05) is 18.4 Å². The SMILES string of the molecule is Cc1nnc2c(NC(C)CO)nccn12. The van der Waals surface area contributed by atoms with Gasteiger partial charge in [0.1, 0.15) is 5.82 Å². The van der Waals surface area contributed by atoms with Crippen molar-refractivity contribution >= 4 is 11.5 Å². The molecule has 0 amide bonds. The second-order valence-corrected chi connectivity index (χ2v) is 3.44. The van der Waals surface area contributed by atoms with Crippen LogP contribution in [0.3, 0.4) is 0 Å². The molecule has 0 aliphatic carbocycles. The summed E-state index contributed by atoms with van der Waals surface area (Å²) in [5, 5.41) is 20.0. The van der Waals surface area contributed by atoms with Crippen LogP contribution in [-0.2, 0) is 0 Å². The third-order valence-corrected chi connectivity index (χ3v) is 2.15. The number of aryl methyl sites for hydroxylation is 1. The van der Waals surface area contributed by atoms with Crippen LogP contribution in [-0.4, -0.2) is 37.3 Å². The maximum absolute atomic E-state index is 8.94. The molecular formula is C9H13N5O. The second kappa shape index (κ2) is 3.82. The summed E-state index contributed by atoms with van der Waals surface area (Å²) in [5.41, 5.74) is 0.676. The lowest BCUT2D eigenvalue weighted by Crippen LogP contribution is -2.20. The quantitative estimate of drug-likeness (QED) is 0.753. The van der Waals surface area contributed by atoms with Gasteiger partial charge in [0.05, 0.1) is 6.61 Å². The molecule has 0 fully saturated rings. The predicted octanol–water partition coefficient (Wildman–Crippen LogP) is 0.225. The predicted molar refractivity (Wildman–Crippen MR) is 55.7 cm³/mol. The average molecular weight is 207 g/mol. The fourth-order valence-corrected chi connectivity index (χ4v) is 1.32. The van der Waals surface area contributed by atoms with Gasteiger partial charge in [-0.15, -0.1) is 10.2 Å². The summed E-state index contributed by atoms with van der Waals surface area (Å²) in [4.78, 5) is 4.16. The van der Waals surface area contributed by atoms with Crippen molar-refractivity contribution in [2.24, 2.45) is 0 Å². The number of nitrogens with zero attached hydrogens (tertiary/aromatic N) is 4. The molecule has 0 bridgehead atoms. The summed E-state index contributed by atoms with van der Waals surface area (Å²) < 4.78 is 1.85. The number of aliphatic hydroxyl groups is 1. The minimum absolute atomic E-state index is 0.0514. The maximum Gasteiger partial charge on any atom is 0.203 e. The van der Waals surface area contributed by atoms with Crippen LogP contribution in [0, 0.1) is 6.92 Å². The smallest absolute Gasteiger partial charge is 0.203 e. The Morgan fingerprint density at radius 2 is 2.33 bits per heavy atom. The number of nitrogens with one attached hydrogen (secondary N) is 1. The van der Waals surface area contributed by atoms with E-state index >= 15 is 0 Å². The van der Waals surface area contributed by atoms with Gasteiger partial charge in [0.25, 0.3) is 0 Å². The standard InChI is InChI=1S/C9H13N5O/c1-6(5-15)11-8-9-13-12-7(2)14(9)4-3-10-8/h3-4,6,15H,5H2,1-2H3,(H,10,11). The van der Waals surface area contributed by atoms with E-state index in [0.29, 0.717) is 11.5 Å². The van der Waals surface area contributed by atoms with Crippen molar-refractivity contribution in [3.8, 4) is 0 Å². The molecule has 0 saturated heterocycles. The summed E-state index contributed by atoms with van der Waals surface area (Å²) in [7, 11) is 0. The summed E-state index contributed by atoms with van der Waals surface area (Å²) >= 11 is 0. The molecule has 0 aromatic carbocycles. The van der Waals surface area contributed by atoms with E-state index in [0.717, 1.165) is 5.82 Å². The van der Waals surface area contributed by atoms with Crippen molar-refractivity contribution in [1.82, 2.24) is 19.6 Å². The first-order valence-corrected chi connectivity index (χ1v) is 4.76. The van der Waals surface area contributed by atoms with Crippen molar-refractivity contribution in [3.05, 3.63) is 18.2 Å². The molecule has 0 saturated carbocycles. The molecule has 2 N–H and O–H groups in total. The van der Waals surface area contributed by atoms with Crippen molar-refractivity contribution in [2.45, 2.75) is 19.9 Å². The normalized spacial score (nSPS) is 13.0. The Morgan fingerprint density at radius 1 is 1.53 bits per heavy atom. The molecule has 2 heterocycles. The van der Waals surface area contributed by atoms with Gasteiger partial charge in [0.2, 0.25) is 5.65 Å². The molecule has 1 unspecified atom stereocenters. The number of aliphatic hydroxyl groups excluding tert-OH is 1. The molecule has 0 aliphatic heterocycles. The van der Waals surface area contributed by atoms with Gasteiger partial charge in [-0.1, -0.05) is 0 Å². The highest BCUT2D eigenvalue weighted by atomic mass is 16.3. The van der Waals surface area contributed by atoms with E-state index in [2.05, 4.69) is 20.5 Å². The van der Waals surface area contributed by atoms with Crippen LogP contribution in [0.2, 0.25) is 0 Å². The molecule has 1 atom stereocenters. The summed E-state index contributed by atoms with van der Waals surface area (Å²) in [6.45, 7) is 3.80. The maximum atomic E-state index is 8.94. The van der Waals surface area contributed by atoms with Crippen LogP contribution in [0.1, 0.15) is 12.7 Å². The number of hydrogen-bond donors (Lipinski definition) is 2. The Kier molecular flexibility index (Phi) is 2.51. The van der Waals surface area contributed by atoms with Gasteiger partial charge in [-0.3, -0.25) is 4.40 Å². The highest BCUT2D eigenvalue weighted by Gasteiger charge is 2.09. The molecule has 0 radical (unpaired) electrons. The number of anilines is 1. The first-order chi connectivity index (χ1) is 7.22. The third-order valence-electron chi connectivity index (χ3n) is 2.15. The van der Waals surface area contributed by atoms with E-state index in [-0.39, 0.29) is 12.6 Å². The van der Waals surface area contributed by atoms with Gasteiger partial charge >= 0.3 is 0 Å². The second-order valence-electron chi connectivity index (χ2n) is 3.44. The molecule has 0 aliphatic rings. The van der Waals surface area contributed by atoms with Crippen LogP contribution in [0.4, 0.5) is 5.82 Å². The molecule has 15 heavy (non-hydrogen) atoms. The zero-order valence-electron chi connectivity index (χ0n) is 8.68. The molecular weight excluding hydrogens is 194 g/mol. The highest BCUT2D eigenvalue weighted by molar-refractivity contribution is 5.62. The van der Waals surface area contributed by atoms with Crippen molar-refractivity contribution in [2.75, 3.05) is 11.9 Å². The Hall–Kier alpha value is -1.69. The number of aromatic nitrogens is 4. The molecule has 80 valence electrons. The molecule has 6 heteroatoms. The van der Waals surface area contributed by atoms with Gasteiger partial charge in [-0.05, 0) is 13.8 Å². The molecule has 2 rings (SSSR count). The molecule has 2 aromatic heterocycles. The van der Waals surface area contributed by atoms with Crippen LogP contribution in [0.5, 0.6) is 0 Å². The Balaban J connectivity index is 2.43. The zero-order chi connectivity index (χ0) is 10.8. The Bertz CT molecular complexity index is 466. The molecule has 2 aromatic rings. The van der Waals surface area contributed by atoms with Crippen molar-refractivity contribution in [3.63, 3.8) is 0 Å². The largest absolute Gasteiger partial charge is 0.394 e. The first-order valence-electron chi connectivity index (χ1n) is 4.76. The van der Waals surface area contributed by atoms with Crippen LogP contribution in [0.25, 0.3) is 5.65 Å². The monoisotopic (exact) mass is 207 g/mol. The fourth-order valence-electron chi connectivity index (χ4n) is 1.32. The minimum Gasteiger partial charge on any atom is -0.394 e. The topological polar surface area (TPSA) is 75.3 Å². The summed E-state index contributed by atoms with van der Waals surface area (Å²) in [5.74, 6) is 1.45. The van der Waals surface area contributed by atoms with E-state index in [1.807, 2.05) is 18.2 Å². The lowest BCUT2D eigenvalue weighted by atomic mass is 10.3. The van der Waals surface area contributed by atoms with E-state index in [9.17, 15) is 0 Å². The van der Waals surface area contributed by atoms with E-state index < -0.39 is 0 Å². The van der Waals surface area contributed by atoms with Crippen LogP contribution >= 0.6 is 0 Å².